The fourth-order valence-corrected chi connectivity index (χ4v) is 1.75. The minimum Gasteiger partial charge on any atom is -0.503 e. The zero-order chi connectivity index (χ0) is 12.6. The van der Waals surface area contributed by atoms with Crippen molar-refractivity contribution in [1.29, 1.82) is 0 Å². The van der Waals surface area contributed by atoms with E-state index in [4.69, 9.17) is 21.3 Å². The molecule has 17 heavy (non-hydrogen) atoms. The van der Waals surface area contributed by atoms with Gasteiger partial charge in [0.15, 0.2) is 11.6 Å². The minimum absolute atomic E-state index is 0.231. The Morgan fingerprint density at radius 3 is 3.00 bits per heavy atom. The van der Waals surface area contributed by atoms with Crippen molar-refractivity contribution in [1.82, 2.24) is 9.55 Å². The Labute approximate surface area is 96.4 Å². The van der Waals surface area contributed by atoms with Gasteiger partial charge in [0.05, 0.1) is 12.8 Å². The third-order valence-corrected chi connectivity index (χ3v) is 2.72. The standard InChI is InChI=1S/C9H14N4O4/c10-7-5(15)3-13(8(16)12-7)6-1-2-9(11,4-14)17-6/h3,6,14-15H,1-2,4,11H2,(H2,10,12,16)/t6?,9-/m0/s1. The molecule has 1 fully saturated rings. The molecule has 1 aliphatic rings. The molecule has 1 saturated heterocycles. The van der Waals surface area contributed by atoms with Crippen LogP contribution in [0, 0.1) is 0 Å². The molecule has 0 aromatic carbocycles. The van der Waals surface area contributed by atoms with Crippen molar-refractivity contribution in [2.45, 2.75) is 24.8 Å². The number of aliphatic hydroxyl groups excluding tert-OH is 1. The third kappa shape index (κ3) is 2.09. The second-order valence-electron chi connectivity index (χ2n) is 4.04. The van der Waals surface area contributed by atoms with Gasteiger partial charge in [-0.05, 0) is 12.8 Å². The van der Waals surface area contributed by atoms with E-state index in [9.17, 15) is 9.90 Å². The largest absolute Gasteiger partial charge is 0.503 e. The highest BCUT2D eigenvalue weighted by Crippen LogP contribution is 2.32. The predicted octanol–water partition coefficient (Wildman–Crippen LogP) is -1.51. The average Bonchev–Trinajstić information content (AvgIpc) is 2.67. The van der Waals surface area contributed by atoms with Gasteiger partial charge in [0.25, 0.3) is 0 Å². The molecule has 6 N–H and O–H groups in total. The zero-order valence-electron chi connectivity index (χ0n) is 9.04. The van der Waals surface area contributed by atoms with Gasteiger partial charge in [0.1, 0.15) is 12.0 Å². The van der Waals surface area contributed by atoms with Crippen LogP contribution in [0.25, 0.3) is 0 Å². The normalized spacial score (nSPS) is 28.5. The van der Waals surface area contributed by atoms with Crippen LogP contribution in [0.3, 0.4) is 0 Å². The maximum atomic E-state index is 11.6. The lowest BCUT2D eigenvalue weighted by molar-refractivity contribution is -0.0957. The van der Waals surface area contributed by atoms with E-state index in [-0.39, 0.29) is 18.2 Å². The number of anilines is 1. The number of ether oxygens (including phenoxy) is 1. The highest BCUT2D eigenvalue weighted by molar-refractivity contribution is 5.41. The van der Waals surface area contributed by atoms with Crippen molar-refractivity contribution in [2.75, 3.05) is 12.3 Å². The van der Waals surface area contributed by atoms with Crippen LogP contribution in [0.5, 0.6) is 5.75 Å². The van der Waals surface area contributed by atoms with Crippen molar-refractivity contribution in [3.8, 4) is 5.75 Å². The molecule has 2 rings (SSSR count). The first kappa shape index (κ1) is 11.8. The predicted molar refractivity (Wildman–Crippen MR) is 57.9 cm³/mol. The van der Waals surface area contributed by atoms with Crippen molar-refractivity contribution < 1.29 is 14.9 Å². The summed E-state index contributed by atoms with van der Waals surface area (Å²) in [6, 6.07) is 0. The van der Waals surface area contributed by atoms with Crippen LogP contribution in [0.15, 0.2) is 11.0 Å². The molecule has 1 unspecified atom stereocenters. The van der Waals surface area contributed by atoms with E-state index < -0.39 is 17.6 Å². The van der Waals surface area contributed by atoms with Gasteiger partial charge in [-0.25, -0.2) is 4.79 Å². The lowest BCUT2D eigenvalue weighted by Crippen LogP contribution is -2.43. The summed E-state index contributed by atoms with van der Waals surface area (Å²) < 4.78 is 6.47. The minimum atomic E-state index is -1.15. The molecule has 0 amide bonds. The van der Waals surface area contributed by atoms with Crippen LogP contribution in [0.2, 0.25) is 0 Å². The molecule has 2 atom stereocenters. The molecule has 0 saturated carbocycles. The van der Waals surface area contributed by atoms with Crippen LogP contribution in [-0.4, -0.2) is 32.1 Å². The lowest BCUT2D eigenvalue weighted by Gasteiger charge is -2.22. The topological polar surface area (TPSA) is 137 Å². The van der Waals surface area contributed by atoms with Crippen LogP contribution in [0.1, 0.15) is 19.1 Å². The third-order valence-electron chi connectivity index (χ3n) is 2.72. The molecule has 0 aliphatic carbocycles. The zero-order valence-corrected chi connectivity index (χ0v) is 9.04. The average molecular weight is 242 g/mol. The van der Waals surface area contributed by atoms with E-state index in [0.29, 0.717) is 12.8 Å². The molecule has 1 aromatic heterocycles. The van der Waals surface area contributed by atoms with E-state index in [1.54, 1.807) is 0 Å². The Balaban J connectivity index is 2.31. The van der Waals surface area contributed by atoms with E-state index >= 15 is 0 Å². The summed E-state index contributed by atoms with van der Waals surface area (Å²) in [6.07, 6.45) is 1.35. The summed E-state index contributed by atoms with van der Waals surface area (Å²) in [5, 5.41) is 18.4. The Bertz CT molecular complexity index is 488. The number of aromatic nitrogens is 2. The second-order valence-corrected chi connectivity index (χ2v) is 4.04. The molecule has 1 aromatic rings. The molecule has 0 bridgehead atoms. The quantitative estimate of drug-likeness (QED) is 0.494. The fourth-order valence-electron chi connectivity index (χ4n) is 1.75. The van der Waals surface area contributed by atoms with Gasteiger partial charge in [-0.1, -0.05) is 0 Å². The summed E-state index contributed by atoms with van der Waals surface area (Å²) in [5.74, 6) is -0.530. The van der Waals surface area contributed by atoms with Crippen molar-refractivity contribution >= 4 is 5.82 Å². The fraction of sp³-hybridized carbons (Fsp3) is 0.556. The van der Waals surface area contributed by atoms with Crippen molar-refractivity contribution in [3.05, 3.63) is 16.7 Å². The number of nitrogens with two attached hydrogens (primary N) is 2. The summed E-state index contributed by atoms with van der Waals surface area (Å²) >= 11 is 0. The van der Waals surface area contributed by atoms with E-state index in [2.05, 4.69) is 4.98 Å². The lowest BCUT2D eigenvalue weighted by atomic mass is 10.1. The second kappa shape index (κ2) is 3.99. The highest BCUT2D eigenvalue weighted by Gasteiger charge is 2.37. The molecule has 0 spiro atoms. The van der Waals surface area contributed by atoms with Gasteiger partial charge < -0.3 is 26.4 Å². The van der Waals surface area contributed by atoms with Crippen molar-refractivity contribution in [3.63, 3.8) is 0 Å². The van der Waals surface area contributed by atoms with Gasteiger partial charge >= 0.3 is 5.69 Å². The van der Waals surface area contributed by atoms with Crippen LogP contribution in [0.4, 0.5) is 5.82 Å². The van der Waals surface area contributed by atoms with Gasteiger partial charge in [-0.2, -0.15) is 4.98 Å². The van der Waals surface area contributed by atoms with E-state index in [0.717, 1.165) is 10.8 Å². The Morgan fingerprint density at radius 1 is 1.71 bits per heavy atom. The highest BCUT2D eigenvalue weighted by atomic mass is 16.6. The molecule has 94 valence electrons. The molecule has 0 radical (unpaired) electrons. The van der Waals surface area contributed by atoms with Gasteiger partial charge in [0.2, 0.25) is 0 Å². The monoisotopic (exact) mass is 242 g/mol. The van der Waals surface area contributed by atoms with Gasteiger partial charge in [-0.3, -0.25) is 4.57 Å². The van der Waals surface area contributed by atoms with Crippen LogP contribution < -0.4 is 17.2 Å². The van der Waals surface area contributed by atoms with Gasteiger partial charge in [-0.15, -0.1) is 0 Å². The number of hydrogen-bond acceptors (Lipinski definition) is 7. The van der Waals surface area contributed by atoms with E-state index in [1.165, 1.54) is 0 Å². The summed E-state index contributed by atoms with van der Waals surface area (Å²) in [6.45, 7) is -0.341. The molecule has 8 heteroatoms. The van der Waals surface area contributed by atoms with Crippen molar-refractivity contribution in [2.24, 2.45) is 5.73 Å². The molecular formula is C9H14N4O4. The SMILES string of the molecule is Nc1nc(=O)n(C2CC[C@@](N)(CO)O2)cc1O. The number of nitrogen functional groups attached to an aromatic ring is 1. The smallest absolute Gasteiger partial charge is 0.351 e. The van der Waals surface area contributed by atoms with Crippen LogP contribution >= 0.6 is 0 Å². The number of aromatic hydroxyl groups is 1. The molecular weight excluding hydrogens is 228 g/mol. The molecule has 1 aliphatic heterocycles. The summed E-state index contributed by atoms with van der Waals surface area (Å²) in [4.78, 5) is 15.0. The van der Waals surface area contributed by atoms with Crippen LogP contribution in [-0.2, 0) is 4.74 Å². The maximum absolute atomic E-state index is 11.6. The molecule has 8 nitrogen and oxygen atoms in total. The number of rotatable bonds is 2. The first-order valence-corrected chi connectivity index (χ1v) is 5.10. The first-order valence-electron chi connectivity index (χ1n) is 5.10. The number of aliphatic hydroxyl groups is 1. The Kier molecular flexibility index (Phi) is 2.77. The summed E-state index contributed by atoms with van der Waals surface area (Å²) in [5.41, 5.74) is 9.21. The summed E-state index contributed by atoms with van der Waals surface area (Å²) in [7, 11) is 0. The van der Waals surface area contributed by atoms with E-state index in [1.807, 2.05) is 0 Å². The molecule has 2 heterocycles. The number of hydrogen-bond donors (Lipinski definition) is 4. The number of nitrogens with zero attached hydrogens (tertiary/aromatic N) is 2. The Hall–Kier alpha value is -1.64. The Morgan fingerprint density at radius 2 is 2.41 bits per heavy atom. The maximum Gasteiger partial charge on any atom is 0.351 e. The van der Waals surface area contributed by atoms with Gasteiger partial charge in [0, 0.05) is 0 Å². The first-order chi connectivity index (χ1) is 7.95.